The molecule has 1 amide bonds. The van der Waals surface area contributed by atoms with Gasteiger partial charge in [0.2, 0.25) is 17.7 Å². The fourth-order valence-electron chi connectivity index (χ4n) is 8.66. The molecule has 3 aliphatic rings. The molecule has 2 fully saturated rings. The Kier molecular flexibility index (Phi) is 10.7. The summed E-state index contributed by atoms with van der Waals surface area (Å²) in [5, 5.41) is 27.3. The average molecular weight is 773 g/mol. The minimum absolute atomic E-state index is 0.0893. The summed E-state index contributed by atoms with van der Waals surface area (Å²) in [5.74, 6) is -0.128. The number of fused-ring (bicyclic) bond motifs is 2. The van der Waals surface area contributed by atoms with Crippen LogP contribution in [0.15, 0.2) is 60.7 Å². The third-order valence-electron chi connectivity index (χ3n) is 11.6. The predicted molar refractivity (Wildman–Crippen MR) is 215 cm³/mol. The second-order valence-corrected chi connectivity index (χ2v) is 15.6. The zero-order chi connectivity index (χ0) is 38.9. The first kappa shape index (κ1) is 37.5. The van der Waals surface area contributed by atoms with Gasteiger partial charge in [-0.1, -0.05) is 48.0 Å². The topological polar surface area (TPSA) is 153 Å². The molecule has 2 aliphatic heterocycles. The SMILES string of the molecule is COc1nc(O[C@H]2CCc3c(-c4cccc(-c5cc6cc(CN7CCC(C(=O)O)CC7)cc(C#N)c6[nH]5)c4C)cccc32)c(Cl)cc1CNC[C@@H]1CCC(=O)N1. The van der Waals surface area contributed by atoms with Crippen molar-refractivity contribution in [2.24, 2.45) is 5.92 Å². The lowest BCUT2D eigenvalue weighted by molar-refractivity contribution is -0.143. The Morgan fingerprint density at radius 1 is 1.04 bits per heavy atom. The summed E-state index contributed by atoms with van der Waals surface area (Å²) in [6, 6.07) is 23.3. The van der Waals surface area contributed by atoms with Crippen molar-refractivity contribution in [1.82, 2.24) is 25.5 Å². The van der Waals surface area contributed by atoms with Crippen LogP contribution in [0.3, 0.4) is 0 Å². The number of carboxylic acids is 1. The molecular weight excluding hydrogens is 728 g/mol. The molecule has 2 aromatic heterocycles. The first-order valence-electron chi connectivity index (χ1n) is 19.3. The summed E-state index contributed by atoms with van der Waals surface area (Å²) in [4.78, 5) is 33.5. The lowest BCUT2D eigenvalue weighted by Crippen LogP contribution is -2.35. The number of hydrogen-bond donors (Lipinski definition) is 4. The van der Waals surface area contributed by atoms with Gasteiger partial charge >= 0.3 is 5.97 Å². The van der Waals surface area contributed by atoms with Crippen LogP contribution in [-0.4, -0.2) is 64.6 Å². The molecule has 2 saturated heterocycles. The number of benzene rings is 3. The number of rotatable bonds is 12. The first-order chi connectivity index (χ1) is 27.2. The Morgan fingerprint density at radius 2 is 1.82 bits per heavy atom. The highest BCUT2D eigenvalue weighted by atomic mass is 35.5. The van der Waals surface area contributed by atoms with Crippen LogP contribution < -0.4 is 20.1 Å². The van der Waals surface area contributed by atoms with Crippen LogP contribution in [0, 0.1) is 24.2 Å². The number of carboxylic acid groups (broad SMARTS) is 1. The molecule has 4 N–H and O–H groups in total. The number of nitrogens with one attached hydrogen (secondary N) is 3. The van der Waals surface area contributed by atoms with E-state index in [1.807, 2.05) is 12.1 Å². The summed E-state index contributed by atoms with van der Waals surface area (Å²) in [6.07, 6.45) is 4.05. The molecule has 5 aromatic rings. The number of carbonyl (C=O) groups excluding carboxylic acids is 1. The molecule has 0 bridgehead atoms. The first-order valence-corrected chi connectivity index (χ1v) is 19.7. The summed E-state index contributed by atoms with van der Waals surface area (Å²) < 4.78 is 12.2. The molecule has 0 saturated carbocycles. The molecule has 0 radical (unpaired) electrons. The number of amides is 1. The van der Waals surface area contributed by atoms with Crippen molar-refractivity contribution >= 4 is 34.4 Å². The van der Waals surface area contributed by atoms with Gasteiger partial charge in [0.1, 0.15) is 17.2 Å². The average Bonchev–Trinajstić information content (AvgIpc) is 3.94. The third-order valence-corrected chi connectivity index (χ3v) is 11.9. The van der Waals surface area contributed by atoms with Crippen molar-refractivity contribution < 1.29 is 24.2 Å². The van der Waals surface area contributed by atoms with Crippen molar-refractivity contribution in [2.75, 3.05) is 26.7 Å². The third kappa shape index (κ3) is 7.57. The molecule has 2 atom stereocenters. The van der Waals surface area contributed by atoms with E-state index in [1.165, 1.54) is 5.56 Å². The molecule has 3 aromatic carbocycles. The van der Waals surface area contributed by atoms with Crippen molar-refractivity contribution in [3.63, 3.8) is 0 Å². The van der Waals surface area contributed by atoms with Crippen molar-refractivity contribution in [1.29, 1.82) is 5.26 Å². The predicted octanol–water partition coefficient (Wildman–Crippen LogP) is 7.47. The zero-order valence-corrected chi connectivity index (χ0v) is 32.3. The number of nitriles is 1. The minimum Gasteiger partial charge on any atom is -0.481 e. The number of carbonyl (C=O) groups is 2. The zero-order valence-electron chi connectivity index (χ0n) is 31.6. The Bertz CT molecular complexity index is 2360. The van der Waals surface area contributed by atoms with Gasteiger partial charge in [0.25, 0.3) is 0 Å². The van der Waals surface area contributed by atoms with Gasteiger partial charge in [0.05, 0.1) is 24.1 Å². The molecule has 1 aliphatic carbocycles. The highest BCUT2D eigenvalue weighted by Crippen LogP contribution is 2.43. The quantitative estimate of drug-likeness (QED) is 0.101. The van der Waals surface area contributed by atoms with E-state index in [1.54, 1.807) is 7.11 Å². The fraction of sp³-hybridized carbons (Fsp3) is 0.364. The van der Waals surface area contributed by atoms with E-state index in [-0.39, 0.29) is 24.0 Å². The van der Waals surface area contributed by atoms with Crippen LogP contribution in [0.25, 0.3) is 33.3 Å². The van der Waals surface area contributed by atoms with Crippen molar-refractivity contribution in [3.8, 4) is 40.2 Å². The van der Waals surface area contributed by atoms with Crippen molar-refractivity contribution in [3.05, 3.63) is 99.1 Å². The molecule has 0 spiro atoms. The molecule has 0 unspecified atom stereocenters. The number of aromatic nitrogens is 2. The Hall–Kier alpha value is -5.41. The van der Waals surface area contributed by atoms with Gasteiger partial charge in [-0.2, -0.15) is 10.2 Å². The van der Waals surface area contributed by atoms with Crippen molar-refractivity contribution in [2.45, 2.75) is 70.7 Å². The van der Waals surface area contributed by atoms with Crippen LogP contribution in [0.1, 0.15) is 71.6 Å². The van der Waals surface area contributed by atoms with E-state index >= 15 is 0 Å². The molecule has 11 nitrogen and oxygen atoms in total. The molecular formula is C44H45ClN6O5. The number of pyridine rings is 1. The second-order valence-electron chi connectivity index (χ2n) is 15.2. The maximum absolute atomic E-state index is 11.6. The highest BCUT2D eigenvalue weighted by molar-refractivity contribution is 6.31. The van der Waals surface area contributed by atoms with Crippen LogP contribution in [-0.2, 0) is 29.1 Å². The van der Waals surface area contributed by atoms with Gasteiger partial charge in [-0.05, 0) is 110 Å². The molecule has 56 heavy (non-hydrogen) atoms. The van der Waals surface area contributed by atoms with Gasteiger partial charge in [0, 0.05) is 54.3 Å². The van der Waals surface area contributed by atoms with E-state index in [9.17, 15) is 20.0 Å². The van der Waals surface area contributed by atoms with Crippen LogP contribution in [0.2, 0.25) is 5.02 Å². The van der Waals surface area contributed by atoms with Crippen LogP contribution in [0.5, 0.6) is 11.8 Å². The highest BCUT2D eigenvalue weighted by Gasteiger charge is 2.29. The molecule has 4 heterocycles. The van der Waals surface area contributed by atoms with Crippen LogP contribution in [0.4, 0.5) is 0 Å². The number of hydrogen-bond acceptors (Lipinski definition) is 8. The number of aliphatic carboxylic acids is 1. The number of methoxy groups -OCH3 is 1. The molecule has 288 valence electrons. The smallest absolute Gasteiger partial charge is 0.306 e. The van der Waals surface area contributed by atoms with E-state index < -0.39 is 5.97 Å². The monoisotopic (exact) mass is 772 g/mol. The summed E-state index contributed by atoms with van der Waals surface area (Å²) in [7, 11) is 1.58. The van der Waals surface area contributed by atoms with Gasteiger partial charge in [-0.3, -0.25) is 14.5 Å². The lowest BCUT2D eigenvalue weighted by Gasteiger charge is -2.30. The maximum Gasteiger partial charge on any atom is 0.306 e. The standard InChI is InChI=1S/C44H45ClN6O5/c1-25-32(5-3-6-33(25)38-20-28-17-26(18-29(21-46)41(28)49-38)24-51-15-13-27(14-16-51)44(53)54)34-7-4-8-36-35(34)10-11-39(36)56-43-37(45)19-30(42(50-43)55-2)22-47-23-31-9-12-40(52)48-31/h3-8,17-20,27,31,39,47,49H,9-16,22-24H2,1-2H3,(H,48,52)(H,53,54)/t31-,39-/m0/s1. The van der Waals surface area contributed by atoms with Gasteiger partial charge in [-0.15, -0.1) is 0 Å². The minimum atomic E-state index is -0.715. The Morgan fingerprint density at radius 3 is 2.57 bits per heavy atom. The number of nitrogens with zero attached hydrogens (tertiary/aromatic N) is 3. The number of H-pyrrole nitrogens is 1. The van der Waals surface area contributed by atoms with Gasteiger partial charge < -0.3 is 30.2 Å². The number of ether oxygens (including phenoxy) is 2. The summed E-state index contributed by atoms with van der Waals surface area (Å²) in [6.45, 7) is 5.42. The molecule has 12 heteroatoms. The van der Waals surface area contributed by atoms with E-state index in [0.717, 1.165) is 87.9 Å². The number of likely N-dealkylation sites (tertiary alicyclic amines) is 1. The fourth-order valence-corrected chi connectivity index (χ4v) is 8.88. The number of halogens is 1. The summed E-state index contributed by atoms with van der Waals surface area (Å²) >= 11 is 6.76. The van der Waals surface area contributed by atoms with Crippen LogP contribution >= 0.6 is 11.6 Å². The largest absolute Gasteiger partial charge is 0.481 e. The molecule has 8 rings (SSSR count). The van der Waals surface area contributed by atoms with E-state index in [2.05, 4.69) is 87.0 Å². The van der Waals surface area contributed by atoms with E-state index in [0.29, 0.717) is 61.2 Å². The van der Waals surface area contributed by atoms with Gasteiger partial charge in [0.15, 0.2) is 0 Å². The second kappa shape index (κ2) is 16.0. The maximum atomic E-state index is 11.6. The normalized spacial score (nSPS) is 18.5. The lowest BCUT2D eigenvalue weighted by atomic mass is 9.91. The summed E-state index contributed by atoms with van der Waals surface area (Å²) in [5.41, 5.74) is 11.1. The van der Waals surface area contributed by atoms with E-state index in [4.69, 9.17) is 21.1 Å². The Labute approximate surface area is 331 Å². The number of piperidine rings is 1. The van der Waals surface area contributed by atoms with Gasteiger partial charge in [-0.25, -0.2) is 0 Å². The Balaban J connectivity index is 1.01. The number of aromatic amines is 1.